The van der Waals surface area contributed by atoms with Crippen molar-refractivity contribution in [3.8, 4) is 21.9 Å². The summed E-state index contributed by atoms with van der Waals surface area (Å²) >= 11 is 3.19. The summed E-state index contributed by atoms with van der Waals surface area (Å²) in [7, 11) is 3.25. The fourth-order valence-electron chi connectivity index (χ4n) is 3.22. The lowest BCUT2D eigenvalue weighted by atomic mass is 10.0. The van der Waals surface area contributed by atoms with E-state index in [1.165, 1.54) is 0 Å². The molecule has 0 aliphatic carbocycles. The fourth-order valence-corrected chi connectivity index (χ4v) is 4.49. The number of benzene rings is 2. The molecule has 2 heterocycles. The molecule has 0 spiro atoms. The molecule has 4 aromatic rings. The highest BCUT2D eigenvalue weighted by atomic mass is 32.1. The quantitative estimate of drug-likeness (QED) is 0.230. The van der Waals surface area contributed by atoms with Crippen LogP contribution in [-0.4, -0.2) is 25.0 Å². The molecular weight excluding hydrogens is 440 g/mol. The number of thiazole rings is 1. The van der Waals surface area contributed by atoms with Crippen LogP contribution in [0, 0.1) is 0 Å². The van der Waals surface area contributed by atoms with Gasteiger partial charge in [0.2, 0.25) is 0 Å². The molecule has 5 nitrogen and oxygen atoms in total. The largest absolute Gasteiger partial charge is 0.496 e. The molecule has 4 rings (SSSR count). The van der Waals surface area contributed by atoms with Crippen molar-refractivity contribution in [2.24, 2.45) is 0 Å². The van der Waals surface area contributed by atoms with Gasteiger partial charge in [-0.05, 0) is 35.2 Å². The van der Waals surface area contributed by atoms with Crippen molar-refractivity contribution in [3.63, 3.8) is 0 Å². The molecule has 162 valence electrons. The molecule has 0 bridgehead atoms. The molecule has 1 N–H and O–H groups in total. The summed E-state index contributed by atoms with van der Waals surface area (Å²) in [5.41, 5.74) is 3.49. The molecule has 0 atom stereocenters. The Kier molecular flexibility index (Phi) is 6.99. The van der Waals surface area contributed by atoms with Crippen LogP contribution < -0.4 is 14.8 Å². The minimum Gasteiger partial charge on any atom is -0.496 e. The first-order valence-corrected chi connectivity index (χ1v) is 11.7. The van der Waals surface area contributed by atoms with Gasteiger partial charge in [-0.2, -0.15) is 0 Å². The third-order valence-electron chi connectivity index (χ3n) is 4.87. The summed E-state index contributed by atoms with van der Waals surface area (Å²) in [6.45, 7) is 0.659. The number of ether oxygens (including phenoxy) is 2. The minimum absolute atomic E-state index is 0.0695. The van der Waals surface area contributed by atoms with Gasteiger partial charge in [0, 0.05) is 45.8 Å². The van der Waals surface area contributed by atoms with Crippen molar-refractivity contribution in [1.82, 2.24) is 4.98 Å². The molecule has 0 aliphatic heterocycles. The lowest BCUT2D eigenvalue weighted by Gasteiger charge is -2.12. The minimum atomic E-state index is -0.0695. The predicted molar refractivity (Wildman–Crippen MR) is 132 cm³/mol. The molecule has 0 radical (unpaired) electrons. The van der Waals surface area contributed by atoms with E-state index in [1.54, 1.807) is 55.2 Å². The monoisotopic (exact) mass is 462 g/mol. The number of thiophene rings is 1. The predicted octanol–water partition coefficient (Wildman–Crippen LogP) is 6.40. The number of aromatic nitrogens is 1. The summed E-state index contributed by atoms with van der Waals surface area (Å²) in [5, 5.41) is 8.09. The van der Waals surface area contributed by atoms with Crippen molar-refractivity contribution in [2.45, 2.75) is 6.54 Å². The highest BCUT2D eigenvalue weighted by Crippen LogP contribution is 2.38. The SMILES string of the molecule is COc1cc(OC)c(-c2cccs2)cc1/C=C/C(=O)c1ccc(CNc2nccs2)cc1. The Morgan fingerprint density at radius 1 is 1.03 bits per heavy atom. The molecule has 0 saturated carbocycles. The van der Waals surface area contributed by atoms with Gasteiger partial charge in [-0.25, -0.2) is 4.98 Å². The van der Waals surface area contributed by atoms with Crippen LogP contribution in [0.5, 0.6) is 11.5 Å². The number of rotatable bonds is 9. The smallest absolute Gasteiger partial charge is 0.185 e. The highest BCUT2D eigenvalue weighted by Gasteiger charge is 2.13. The summed E-state index contributed by atoms with van der Waals surface area (Å²) < 4.78 is 11.1. The molecule has 32 heavy (non-hydrogen) atoms. The molecule has 2 aromatic carbocycles. The van der Waals surface area contributed by atoms with Crippen LogP contribution in [0.2, 0.25) is 0 Å². The van der Waals surface area contributed by atoms with Gasteiger partial charge in [-0.15, -0.1) is 22.7 Å². The van der Waals surface area contributed by atoms with E-state index in [4.69, 9.17) is 9.47 Å². The maximum absolute atomic E-state index is 12.7. The summed E-state index contributed by atoms with van der Waals surface area (Å²) in [6, 6.07) is 15.5. The molecule has 0 aliphatic rings. The first-order chi connectivity index (χ1) is 15.7. The Morgan fingerprint density at radius 3 is 2.50 bits per heavy atom. The second kappa shape index (κ2) is 10.3. The number of nitrogens with zero attached hydrogens (tertiary/aromatic N) is 1. The molecular formula is C25H22N2O3S2. The van der Waals surface area contributed by atoms with Crippen molar-refractivity contribution < 1.29 is 14.3 Å². The van der Waals surface area contributed by atoms with E-state index in [-0.39, 0.29) is 5.78 Å². The zero-order valence-corrected chi connectivity index (χ0v) is 19.3. The summed E-state index contributed by atoms with van der Waals surface area (Å²) in [6.07, 6.45) is 5.13. The zero-order valence-electron chi connectivity index (χ0n) is 17.7. The Labute approximate surface area is 195 Å². The van der Waals surface area contributed by atoms with E-state index in [2.05, 4.69) is 10.3 Å². The number of hydrogen-bond acceptors (Lipinski definition) is 7. The molecule has 0 fully saturated rings. The lowest BCUT2D eigenvalue weighted by Crippen LogP contribution is -2.00. The van der Waals surface area contributed by atoms with E-state index in [9.17, 15) is 4.79 Å². The third kappa shape index (κ3) is 5.07. The zero-order chi connectivity index (χ0) is 22.3. The number of allylic oxidation sites excluding steroid dienone is 1. The Balaban J connectivity index is 1.50. The van der Waals surface area contributed by atoms with E-state index < -0.39 is 0 Å². The van der Waals surface area contributed by atoms with Gasteiger partial charge in [0.1, 0.15) is 11.5 Å². The van der Waals surface area contributed by atoms with Gasteiger partial charge in [-0.1, -0.05) is 30.3 Å². The van der Waals surface area contributed by atoms with E-state index in [0.29, 0.717) is 17.9 Å². The van der Waals surface area contributed by atoms with Gasteiger partial charge < -0.3 is 14.8 Å². The molecule has 2 aromatic heterocycles. The fraction of sp³-hybridized carbons (Fsp3) is 0.120. The maximum atomic E-state index is 12.7. The third-order valence-corrected chi connectivity index (χ3v) is 6.50. The van der Waals surface area contributed by atoms with Crippen LogP contribution >= 0.6 is 22.7 Å². The van der Waals surface area contributed by atoms with Crippen molar-refractivity contribution in [2.75, 3.05) is 19.5 Å². The average Bonchev–Trinajstić information content (AvgIpc) is 3.55. The standard InChI is InChI=1S/C25H22N2O3S2/c1-29-22-15-23(30-2)20(24-4-3-12-31-24)14-19(22)9-10-21(28)18-7-5-17(6-8-18)16-27-25-26-11-13-32-25/h3-15H,16H2,1-2H3,(H,26,27)/b10-9+. The number of hydrogen-bond donors (Lipinski definition) is 1. The Bertz CT molecular complexity index is 1200. The van der Waals surface area contributed by atoms with E-state index in [1.807, 2.05) is 59.3 Å². The van der Waals surface area contributed by atoms with Gasteiger partial charge >= 0.3 is 0 Å². The second-order valence-corrected chi connectivity index (χ2v) is 8.70. The number of nitrogens with one attached hydrogen (secondary N) is 1. The first-order valence-electron chi connectivity index (χ1n) is 9.92. The molecule has 0 amide bonds. The number of carbonyl (C=O) groups excluding carboxylic acids is 1. The number of anilines is 1. The molecule has 7 heteroatoms. The number of methoxy groups -OCH3 is 2. The normalized spacial score (nSPS) is 10.9. The van der Waals surface area contributed by atoms with Gasteiger partial charge in [0.25, 0.3) is 0 Å². The van der Waals surface area contributed by atoms with Gasteiger partial charge in [0.05, 0.1) is 14.2 Å². The summed E-state index contributed by atoms with van der Waals surface area (Å²) in [4.78, 5) is 18.0. The van der Waals surface area contributed by atoms with Gasteiger partial charge in [-0.3, -0.25) is 4.79 Å². The van der Waals surface area contributed by atoms with Crippen LogP contribution in [-0.2, 0) is 6.54 Å². The van der Waals surface area contributed by atoms with Crippen molar-refractivity contribution in [3.05, 3.63) is 88.3 Å². The van der Waals surface area contributed by atoms with Crippen molar-refractivity contribution >= 4 is 39.7 Å². The van der Waals surface area contributed by atoms with Crippen LogP contribution in [0.3, 0.4) is 0 Å². The summed E-state index contributed by atoms with van der Waals surface area (Å²) in [5.74, 6) is 1.31. The highest BCUT2D eigenvalue weighted by molar-refractivity contribution is 7.13. The Hall–Kier alpha value is -3.42. The molecule has 0 unspecified atom stereocenters. The van der Waals surface area contributed by atoms with Crippen LogP contribution in [0.25, 0.3) is 16.5 Å². The van der Waals surface area contributed by atoms with Crippen LogP contribution in [0.1, 0.15) is 21.5 Å². The van der Waals surface area contributed by atoms with Crippen LogP contribution in [0.4, 0.5) is 5.13 Å². The second-order valence-electron chi connectivity index (χ2n) is 6.86. The number of ketones is 1. The van der Waals surface area contributed by atoms with Crippen LogP contribution in [0.15, 0.2) is 71.6 Å². The Morgan fingerprint density at radius 2 is 1.84 bits per heavy atom. The van der Waals surface area contributed by atoms with E-state index >= 15 is 0 Å². The molecule has 0 saturated heterocycles. The average molecular weight is 463 g/mol. The van der Waals surface area contributed by atoms with E-state index in [0.717, 1.165) is 32.4 Å². The number of carbonyl (C=O) groups is 1. The first kappa shape index (κ1) is 21.8. The topological polar surface area (TPSA) is 60.5 Å². The lowest BCUT2D eigenvalue weighted by molar-refractivity contribution is 0.104. The van der Waals surface area contributed by atoms with Crippen molar-refractivity contribution in [1.29, 1.82) is 0 Å². The maximum Gasteiger partial charge on any atom is 0.185 e. The van der Waals surface area contributed by atoms with Gasteiger partial charge in [0.15, 0.2) is 10.9 Å².